The van der Waals surface area contributed by atoms with Crippen LogP contribution in [0.2, 0.25) is 0 Å². The van der Waals surface area contributed by atoms with E-state index in [1.54, 1.807) is 12.3 Å². The molecule has 0 saturated carbocycles. The summed E-state index contributed by atoms with van der Waals surface area (Å²) < 4.78 is 27.5. The predicted molar refractivity (Wildman–Crippen MR) is 99.5 cm³/mol. The Morgan fingerprint density at radius 2 is 1.88 bits per heavy atom. The van der Waals surface area contributed by atoms with E-state index in [0.717, 1.165) is 49.1 Å². The highest BCUT2D eigenvalue weighted by Crippen LogP contribution is 2.27. The summed E-state index contributed by atoms with van der Waals surface area (Å²) in [7, 11) is 0. The lowest BCUT2D eigenvalue weighted by Crippen LogP contribution is -2.39. The molecule has 1 aromatic carbocycles. The van der Waals surface area contributed by atoms with Crippen molar-refractivity contribution < 1.29 is 8.78 Å². The molecule has 2 aromatic heterocycles. The molecule has 1 saturated heterocycles. The number of fused-ring (bicyclic) bond motifs is 1. The molecule has 4 nitrogen and oxygen atoms in total. The van der Waals surface area contributed by atoms with E-state index in [4.69, 9.17) is 0 Å². The number of hydrogen-bond donors (Lipinski definition) is 1. The van der Waals surface area contributed by atoms with Crippen molar-refractivity contribution in [2.75, 3.05) is 23.3 Å². The zero-order chi connectivity index (χ0) is 18.1. The summed E-state index contributed by atoms with van der Waals surface area (Å²) in [6.45, 7) is 3.80. The number of nitrogens with one attached hydrogen (secondary N) is 1. The monoisotopic (exact) mass is 354 g/mol. The molecule has 3 aromatic rings. The Kier molecular flexibility index (Phi) is 4.41. The first-order chi connectivity index (χ1) is 12.6. The van der Waals surface area contributed by atoms with E-state index in [1.807, 2.05) is 19.2 Å². The number of aromatic nitrogens is 2. The quantitative estimate of drug-likeness (QED) is 0.761. The van der Waals surface area contributed by atoms with Crippen LogP contribution in [0.1, 0.15) is 18.4 Å². The van der Waals surface area contributed by atoms with Gasteiger partial charge < -0.3 is 10.2 Å². The SMILES string of the molecule is Cc1ccc(N2CCC(Nc3ccnc4c(F)cc(F)cc34)CC2)nc1. The fourth-order valence-electron chi connectivity index (χ4n) is 3.42. The standard InChI is InChI=1S/C20H20F2N4/c1-13-2-3-19(24-12-13)26-8-5-15(6-9-26)25-18-4-7-23-20-16(18)10-14(21)11-17(20)22/h2-4,7,10-12,15H,5-6,8-9H2,1H3,(H,23,25). The lowest BCUT2D eigenvalue weighted by atomic mass is 10.0. The van der Waals surface area contributed by atoms with Crippen LogP contribution in [0.15, 0.2) is 42.7 Å². The molecular weight excluding hydrogens is 334 g/mol. The minimum atomic E-state index is -0.635. The second kappa shape index (κ2) is 6.86. The molecule has 0 atom stereocenters. The topological polar surface area (TPSA) is 41.0 Å². The van der Waals surface area contributed by atoms with Gasteiger partial charge in [0.2, 0.25) is 0 Å². The van der Waals surface area contributed by atoms with Crippen molar-refractivity contribution in [3.63, 3.8) is 0 Å². The summed E-state index contributed by atoms with van der Waals surface area (Å²) in [6.07, 6.45) is 5.29. The normalized spacial score (nSPS) is 15.4. The maximum Gasteiger partial charge on any atom is 0.152 e. The Bertz CT molecular complexity index is 919. The maximum atomic E-state index is 13.9. The third-order valence-electron chi connectivity index (χ3n) is 4.84. The third-order valence-corrected chi connectivity index (χ3v) is 4.84. The summed E-state index contributed by atoms with van der Waals surface area (Å²) >= 11 is 0. The third kappa shape index (κ3) is 3.31. The van der Waals surface area contributed by atoms with Crippen LogP contribution >= 0.6 is 0 Å². The van der Waals surface area contributed by atoms with Gasteiger partial charge in [0.1, 0.15) is 17.2 Å². The molecule has 0 amide bonds. The molecule has 134 valence electrons. The van der Waals surface area contributed by atoms with E-state index < -0.39 is 11.6 Å². The van der Waals surface area contributed by atoms with Crippen molar-refractivity contribution in [3.8, 4) is 0 Å². The Morgan fingerprint density at radius 3 is 2.62 bits per heavy atom. The van der Waals surface area contributed by atoms with Gasteiger partial charge in [-0.2, -0.15) is 0 Å². The highest BCUT2D eigenvalue weighted by atomic mass is 19.1. The molecular formula is C20H20F2N4. The Labute approximate surface area is 150 Å². The van der Waals surface area contributed by atoms with Gasteiger partial charge in [-0.1, -0.05) is 6.07 Å². The van der Waals surface area contributed by atoms with Crippen LogP contribution in [0.25, 0.3) is 10.9 Å². The number of aryl methyl sites for hydroxylation is 1. The number of anilines is 2. The zero-order valence-electron chi connectivity index (χ0n) is 14.5. The van der Waals surface area contributed by atoms with E-state index in [0.29, 0.717) is 5.39 Å². The molecule has 3 heterocycles. The average molecular weight is 354 g/mol. The summed E-state index contributed by atoms with van der Waals surface area (Å²) in [6, 6.07) is 8.33. The van der Waals surface area contributed by atoms with Gasteiger partial charge in [-0.15, -0.1) is 0 Å². The van der Waals surface area contributed by atoms with Gasteiger partial charge in [-0.25, -0.2) is 13.8 Å². The van der Waals surface area contributed by atoms with Crippen LogP contribution in [0.3, 0.4) is 0 Å². The van der Waals surface area contributed by atoms with Crippen LogP contribution in [-0.2, 0) is 0 Å². The summed E-state index contributed by atoms with van der Waals surface area (Å²) in [5.41, 5.74) is 2.06. The van der Waals surface area contributed by atoms with Crippen LogP contribution in [0.4, 0.5) is 20.3 Å². The molecule has 26 heavy (non-hydrogen) atoms. The molecule has 0 radical (unpaired) electrons. The number of pyridine rings is 2. The lowest BCUT2D eigenvalue weighted by Gasteiger charge is -2.33. The lowest BCUT2D eigenvalue weighted by molar-refractivity contribution is 0.524. The van der Waals surface area contributed by atoms with Crippen molar-refractivity contribution >= 4 is 22.4 Å². The Morgan fingerprint density at radius 1 is 1.08 bits per heavy atom. The molecule has 1 fully saturated rings. The van der Waals surface area contributed by atoms with Gasteiger partial charge in [-0.3, -0.25) is 4.98 Å². The van der Waals surface area contributed by atoms with Gasteiger partial charge in [0.15, 0.2) is 5.82 Å². The number of hydrogen-bond acceptors (Lipinski definition) is 4. The van der Waals surface area contributed by atoms with E-state index in [1.165, 1.54) is 6.07 Å². The van der Waals surface area contributed by atoms with Crippen LogP contribution in [0, 0.1) is 18.6 Å². The van der Waals surface area contributed by atoms with Gasteiger partial charge in [-0.05, 0) is 43.5 Å². The first kappa shape index (κ1) is 16.7. The van der Waals surface area contributed by atoms with E-state index in [9.17, 15) is 8.78 Å². The predicted octanol–water partition coefficient (Wildman–Crippen LogP) is 4.30. The van der Waals surface area contributed by atoms with Gasteiger partial charge in [0.05, 0.1) is 0 Å². The van der Waals surface area contributed by atoms with Gasteiger partial charge >= 0.3 is 0 Å². The van der Waals surface area contributed by atoms with Crippen LogP contribution in [0.5, 0.6) is 0 Å². The largest absolute Gasteiger partial charge is 0.382 e. The zero-order valence-corrected chi connectivity index (χ0v) is 14.5. The molecule has 1 aliphatic heterocycles. The number of benzene rings is 1. The molecule has 0 aliphatic carbocycles. The van der Waals surface area contributed by atoms with Crippen LogP contribution in [-0.4, -0.2) is 29.1 Å². The molecule has 1 aliphatic rings. The second-order valence-electron chi connectivity index (χ2n) is 6.74. The smallest absolute Gasteiger partial charge is 0.152 e. The minimum Gasteiger partial charge on any atom is -0.382 e. The Balaban J connectivity index is 1.48. The second-order valence-corrected chi connectivity index (χ2v) is 6.74. The van der Waals surface area contributed by atoms with Crippen molar-refractivity contribution in [1.82, 2.24) is 9.97 Å². The fraction of sp³-hybridized carbons (Fsp3) is 0.300. The van der Waals surface area contributed by atoms with Crippen molar-refractivity contribution in [2.45, 2.75) is 25.8 Å². The summed E-state index contributed by atoms with van der Waals surface area (Å²) in [4.78, 5) is 10.8. The molecule has 0 spiro atoms. The summed E-state index contributed by atoms with van der Waals surface area (Å²) in [5.74, 6) is -0.234. The molecule has 1 N–H and O–H groups in total. The molecule has 6 heteroatoms. The number of piperidine rings is 1. The maximum absolute atomic E-state index is 13.9. The number of rotatable bonds is 3. The van der Waals surface area contributed by atoms with E-state index in [2.05, 4.69) is 26.3 Å². The van der Waals surface area contributed by atoms with Crippen molar-refractivity contribution in [1.29, 1.82) is 0 Å². The fourth-order valence-corrected chi connectivity index (χ4v) is 3.42. The number of halogens is 2. The molecule has 0 bridgehead atoms. The van der Waals surface area contributed by atoms with Crippen LogP contribution < -0.4 is 10.2 Å². The van der Waals surface area contributed by atoms with Gasteiger partial charge in [0, 0.05) is 48.7 Å². The molecule has 4 rings (SSSR count). The highest BCUT2D eigenvalue weighted by Gasteiger charge is 2.21. The summed E-state index contributed by atoms with van der Waals surface area (Å²) in [5, 5.41) is 3.92. The van der Waals surface area contributed by atoms with E-state index >= 15 is 0 Å². The van der Waals surface area contributed by atoms with Crippen molar-refractivity contribution in [2.24, 2.45) is 0 Å². The van der Waals surface area contributed by atoms with Crippen molar-refractivity contribution in [3.05, 3.63) is 59.9 Å². The van der Waals surface area contributed by atoms with Gasteiger partial charge in [0.25, 0.3) is 0 Å². The minimum absolute atomic E-state index is 0.192. The first-order valence-corrected chi connectivity index (χ1v) is 8.78. The number of nitrogens with zero attached hydrogens (tertiary/aromatic N) is 3. The van der Waals surface area contributed by atoms with E-state index in [-0.39, 0.29) is 11.6 Å². The average Bonchev–Trinajstić information content (AvgIpc) is 2.64. The highest BCUT2D eigenvalue weighted by molar-refractivity contribution is 5.91. The molecule has 0 unspecified atom stereocenters. The Hall–Kier alpha value is -2.76. The first-order valence-electron chi connectivity index (χ1n) is 8.78.